The molecule has 0 heterocycles. The number of hydrogen-bond acceptors (Lipinski definition) is 2. The molecule has 0 aromatic rings. The van der Waals surface area contributed by atoms with E-state index >= 15 is 0 Å². The monoisotopic (exact) mass is 173 g/mol. The number of aliphatic carboxylic acids is 1. The van der Waals surface area contributed by atoms with Crippen molar-refractivity contribution in [3.05, 3.63) is 0 Å². The van der Waals surface area contributed by atoms with Crippen LogP contribution >= 0.6 is 0 Å². The third-order valence-electron chi connectivity index (χ3n) is 2.45. The number of hydrogen-bond donors (Lipinski definition) is 2. The van der Waals surface area contributed by atoms with E-state index in [4.69, 9.17) is 10.8 Å². The Morgan fingerprint density at radius 2 is 1.92 bits per heavy atom. The normalized spacial score (nSPS) is 18.3. The average Bonchev–Trinajstić information content (AvgIpc) is 2.00. The van der Waals surface area contributed by atoms with Gasteiger partial charge in [0.05, 0.1) is 0 Å². The van der Waals surface area contributed by atoms with Crippen LogP contribution in [0, 0.1) is 11.8 Å². The smallest absolute Gasteiger partial charge is 0.303 e. The fraction of sp³-hybridized carbons (Fsp3) is 0.889. The highest BCUT2D eigenvalue weighted by molar-refractivity contribution is 5.67. The lowest BCUT2D eigenvalue weighted by Gasteiger charge is -2.23. The van der Waals surface area contributed by atoms with Crippen LogP contribution in [0.15, 0.2) is 0 Å². The summed E-state index contributed by atoms with van der Waals surface area (Å²) in [5.74, 6) is -0.293. The van der Waals surface area contributed by atoms with Crippen LogP contribution < -0.4 is 5.73 Å². The third-order valence-corrected chi connectivity index (χ3v) is 2.45. The van der Waals surface area contributed by atoms with Gasteiger partial charge in [-0.15, -0.1) is 0 Å². The zero-order chi connectivity index (χ0) is 9.72. The summed E-state index contributed by atoms with van der Waals surface area (Å²) in [5.41, 5.74) is 5.86. The summed E-state index contributed by atoms with van der Waals surface area (Å²) < 4.78 is 0. The van der Waals surface area contributed by atoms with Crippen LogP contribution in [0.25, 0.3) is 0 Å². The minimum absolute atomic E-state index is 0.00565. The van der Waals surface area contributed by atoms with Crippen LogP contribution in [-0.4, -0.2) is 17.1 Å². The van der Waals surface area contributed by atoms with Crippen molar-refractivity contribution in [2.24, 2.45) is 17.6 Å². The largest absolute Gasteiger partial charge is 0.481 e. The van der Waals surface area contributed by atoms with E-state index in [9.17, 15) is 4.79 Å². The van der Waals surface area contributed by atoms with Gasteiger partial charge in [0.15, 0.2) is 0 Å². The first-order valence-corrected chi connectivity index (χ1v) is 4.46. The molecular weight excluding hydrogens is 154 g/mol. The predicted octanol–water partition coefficient (Wildman–Crippen LogP) is 1.47. The van der Waals surface area contributed by atoms with Crippen molar-refractivity contribution in [2.45, 2.75) is 39.7 Å². The van der Waals surface area contributed by atoms with Gasteiger partial charge in [-0.25, -0.2) is 0 Å². The molecule has 3 unspecified atom stereocenters. The Balaban J connectivity index is 3.91. The molecule has 0 bridgehead atoms. The lowest BCUT2D eigenvalue weighted by atomic mass is 9.88. The molecule has 0 saturated heterocycles. The van der Waals surface area contributed by atoms with E-state index in [1.807, 2.05) is 6.92 Å². The first kappa shape index (κ1) is 11.4. The van der Waals surface area contributed by atoms with E-state index in [0.29, 0.717) is 5.92 Å². The van der Waals surface area contributed by atoms with Gasteiger partial charge in [0.2, 0.25) is 0 Å². The molecule has 3 nitrogen and oxygen atoms in total. The van der Waals surface area contributed by atoms with Crippen LogP contribution in [-0.2, 0) is 4.79 Å². The van der Waals surface area contributed by atoms with Gasteiger partial charge in [0, 0.05) is 12.5 Å². The highest BCUT2D eigenvalue weighted by Gasteiger charge is 2.20. The first-order chi connectivity index (χ1) is 5.49. The van der Waals surface area contributed by atoms with Gasteiger partial charge in [-0.3, -0.25) is 4.79 Å². The molecule has 0 spiro atoms. The maximum atomic E-state index is 10.4. The third kappa shape index (κ3) is 3.72. The Hall–Kier alpha value is -0.570. The molecule has 0 saturated carbocycles. The number of carbonyl (C=O) groups is 1. The van der Waals surface area contributed by atoms with Gasteiger partial charge >= 0.3 is 5.97 Å². The van der Waals surface area contributed by atoms with Crippen molar-refractivity contribution in [3.63, 3.8) is 0 Å². The number of carboxylic acid groups (broad SMARTS) is 1. The van der Waals surface area contributed by atoms with Crippen molar-refractivity contribution >= 4 is 5.97 Å². The van der Waals surface area contributed by atoms with Crippen molar-refractivity contribution in [1.82, 2.24) is 0 Å². The van der Waals surface area contributed by atoms with Gasteiger partial charge < -0.3 is 10.8 Å². The van der Waals surface area contributed by atoms with Gasteiger partial charge in [0.1, 0.15) is 0 Å². The molecule has 0 aromatic heterocycles. The van der Waals surface area contributed by atoms with Crippen LogP contribution in [0.5, 0.6) is 0 Å². The minimum atomic E-state index is -0.763. The topological polar surface area (TPSA) is 63.3 Å². The van der Waals surface area contributed by atoms with Crippen molar-refractivity contribution in [2.75, 3.05) is 0 Å². The maximum absolute atomic E-state index is 10.4. The molecule has 0 aliphatic carbocycles. The lowest BCUT2D eigenvalue weighted by Crippen LogP contribution is -2.35. The molecule has 3 atom stereocenters. The Morgan fingerprint density at radius 1 is 1.42 bits per heavy atom. The highest BCUT2D eigenvalue weighted by Crippen LogP contribution is 2.16. The van der Waals surface area contributed by atoms with Crippen molar-refractivity contribution in [3.8, 4) is 0 Å². The molecule has 0 aliphatic rings. The summed E-state index contributed by atoms with van der Waals surface area (Å²) in [7, 11) is 0. The molecule has 0 aliphatic heterocycles. The Labute approximate surface area is 74.0 Å². The number of carboxylic acids is 1. The van der Waals surface area contributed by atoms with Crippen LogP contribution in [0.4, 0.5) is 0 Å². The van der Waals surface area contributed by atoms with Gasteiger partial charge in [0.25, 0.3) is 0 Å². The standard InChI is InChI=1S/C9H19NO2/c1-4-6(2)9(10)7(3)5-8(11)12/h6-7,9H,4-5,10H2,1-3H3,(H,11,12). The molecule has 0 fully saturated rings. The van der Waals surface area contributed by atoms with E-state index in [1.165, 1.54) is 0 Å². The molecule has 0 rings (SSSR count). The summed E-state index contributed by atoms with van der Waals surface area (Å²) in [5, 5.41) is 8.53. The van der Waals surface area contributed by atoms with Gasteiger partial charge in [-0.1, -0.05) is 27.2 Å². The van der Waals surface area contributed by atoms with Gasteiger partial charge in [-0.2, -0.15) is 0 Å². The molecular formula is C9H19NO2. The first-order valence-electron chi connectivity index (χ1n) is 4.46. The quantitative estimate of drug-likeness (QED) is 0.661. The SMILES string of the molecule is CCC(C)C(N)C(C)CC(=O)O. The number of nitrogens with two attached hydrogens (primary N) is 1. The van der Waals surface area contributed by atoms with Crippen LogP contribution in [0.2, 0.25) is 0 Å². The zero-order valence-electron chi connectivity index (χ0n) is 8.08. The average molecular weight is 173 g/mol. The Kier molecular flexibility index (Phi) is 4.90. The molecule has 3 N–H and O–H groups in total. The summed E-state index contributed by atoms with van der Waals surface area (Å²) >= 11 is 0. The summed E-state index contributed by atoms with van der Waals surface area (Å²) in [6.45, 7) is 6.02. The van der Waals surface area contributed by atoms with E-state index < -0.39 is 5.97 Å². The second-order valence-electron chi connectivity index (χ2n) is 3.54. The van der Waals surface area contributed by atoms with E-state index in [0.717, 1.165) is 6.42 Å². The fourth-order valence-electron chi connectivity index (χ4n) is 1.24. The summed E-state index contributed by atoms with van der Waals surface area (Å²) in [6, 6.07) is 0.00565. The van der Waals surface area contributed by atoms with Gasteiger partial charge in [-0.05, 0) is 11.8 Å². The van der Waals surface area contributed by atoms with Crippen molar-refractivity contribution < 1.29 is 9.90 Å². The Morgan fingerprint density at radius 3 is 2.25 bits per heavy atom. The molecule has 12 heavy (non-hydrogen) atoms. The minimum Gasteiger partial charge on any atom is -0.481 e. The fourth-order valence-corrected chi connectivity index (χ4v) is 1.24. The van der Waals surface area contributed by atoms with Crippen LogP contribution in [0.3, 0.4) is 0 Å². The molecule has 0 amide bonds. The molecule has 0 aromatic carbocycles. The summed E-state index contributed by atoms with van der Waals surface area (Å²) in [6.07, 6.45) is 1.18. The highest BCUT2D eigenvalue weighted by atomic mass is 16.4. The molecule has 72 valence electrons. The van der Waals surface area contributed by atoms with E-state index in [1.54, 1.807) is 0 Å². The van der Waals surface area contributed by atoms with E-state index in [2.05, 4.69) is 13.8 Å². The number of rotatable bonds is 5. The Bertz CT molecular complexity index is 147. The molecule has 0 radical (unpaired) electrons. The summed E-state index contributed by atoms with van der Waals surface area (Å²) in [4.78, 5) is 10.4. The molecule has 3 heteroatoms. The van der Waals surface area contributed by atoms with Crippen molar-refractivity contribution in [1.29, 1.82) is 0 Å². The van der Waals surface area contributed by atoms with Crippen LogP contribution in [0.1, 0.15) is 33.6 Å². The predicted molar refractivity (Wildman–Crippen MR) is 48.8 cm³/mol. The van der Waals surface area contributed by atoms with E-state index in [-0.39, 0.29) is 18.4 Å². The zero-order valence-corrected chi connectivity index (χ0v) is 8.08. The lowest BCUT2D eigenvalue weighted by molar-refractivity contribution is -0.138. The maximum Gasteiger partial charge on any atom is 0.303 e. The second kappa shape index (κ2) is 5.14. The second-order valence-corrected chi connectivity index (χ2v) is 3.54.